The molecule has 4 nitrogen and oxygen atoms in total. The first kappa shape index (κ1) is 14.7. The second-order valence-electron chi connectivity index (χ2n) is 4.70. The number of para-hydroxylation sites is 1. The minimum absolute atomic E-state index is 0.239. The number of rotatable bonds is 6. The van der Waals surface area contributed by atoms with Crippen molar-refractivity contribution in [3.05, 3.63) is 47.3 Å². The molecule has 0 amide bonds. The lowest BCUT2D eigenvalue weighted by molar-refractivity contribution is 0.199. The summed E-state index contributed by atoms with van der Waals surface area (Å²) < 4.78 is 21.0. The molecule has 0 saturated carbocycles. The summed E-state index contributed by atoms with van der Waals surface area (Å²) in [5.41, 5.74) is 3.33. The standard InChI is InChI=1S/C15H20FN3O/c1-11-12(2)19(10-18-11)15-13(5-4-6-14(15)16)9-17-7-8-20-3/h4-6,10,17H,7-9H2,1-3H3. The number of hydrogen-bond donors (Lipinski definition) is 1. The molecule has 0 fully saturated rings. The zero-order chi connectivity index (χ0) is 14.5. The third-order valence-electron chi connectivity index (χ3n) is 3.36. The van der Waals surface area contributed by atoms with Crippen molar-refractivity contribution >= 4 is 0 Å². The SMILES string of the molecule is COCCNCc1cccc(F)c1-n1cnc(C)c1C. The van der Waals surface area contributed by atoms with Gasteiger partial charge in [0.2, 0.25) is 0 Å². The molecule has 20 heavy (non-hydrogen) atoms. The van der Waals surface area contributed by atoms with Crippen molar-refractivity contribution in [2.75, 3.05) is 20.3 Å². The Morgan fingerprint density at radius 3 is 2.80 bits per heavy atom. The average molecular weight is 277 g/mol. The quantitative estimate of drug-likeness (QED) is 0.824. The van der Waals surface area contributed by atoms with Crippen LogP contribution in [0, 0.1) is 19.7 Å². The number of imidazole rings is 1. The molecule has 108 valence electrons. The van der Waals surface area contributed by atoms with Gasteiger partial charge in [0, 0.05) is 25.9 Å². The topological polar surface area (TPSA) is 39.1 Å². The number of methoxy groups -OCH3 is 1. The Hall–Kier alpha value is -1.72. The van der Waals surface area contributed by atoms with Gasteiger partial charge >= 0.3 is 0 Å². The second-order valence-corrected chi connectivity index (χ2v) is 4.70. The maximum Gasteiger partial charge on any atom is 0.147 e. The number of benzene rings is 1. The van der Waals surface area contributed by atoms with Gasteiger partial charge in [-0.1, -0.05) is 12.1 Å². The van der Waals surface area contributed by atoms with Crippen LogP contribution in [0.3, 0.4) is 0 Å². The van der Waals surface area contributed by atoms with Crippen molar-refractivity contribution in [3.8, 4) is 5.69 Å². The fraction of sp³-hybridized carbons (Fsp3) is 0.400. The molecule has 2 aromatic rings. The highest BCUT2D eigenvalue weighted by Crippen LogP contribution is 2.21. The van der Waals surface area contributed by atoms with Crippen molar-refractivity contribution < 1.29 is 9.13 Å². The van der Waals surface area contributed by atoms with Crippen molar-refractivity contribution in [2.24, 2.45) is 0 Å². The highest BCUT2D eigenvalue weighted by molar-refractivity contribution is 5.44. The first-order valence-corrected chi connectivity index (χ1v) is 6.63. The van der Waals surface area contributed by atoms with Crippen molar-refractivity contribution in [2.45, 2.75) is 20.4 Å². The van der Waals surface area contributed by atoms with Crippen LogP contribution in [0.2, 0.25) is 0 Å². The predicted molar refractivity (Wildman–Crippen MR) is 76.6 cm³/mol. The number of ether oxygens (including phenoxy) is 1. The molecular formula is C15H20FN3O. The van der Waals surface area contributed by atoms with Crippen LogP contribution in [0.25, 0.3) is 5.69 Å². The Kier molecular flexibility index (Phi) is 4.87. The molecule has 0 atom stereocenters. The number of aromatic nitrogens is 2. The number of halogens is 1. The molecular weight excluding hydrogens is 257 g/mol. The molecule has 0 aliphatic rings. The van der Waals surface area contributed by atoms with E-state index in [-0.39, 0.29) is 5.82 Å². The van der Waals surface area contributed by atoms with E-state index in [4.69, 9.17) is 4.74 Å². The lowest BCUT2D eigenvalue weighted by Crippen LogP contribution is -2.20. The fourth-order valence-electron chi connectivity index (χ4n) is 2.09. The molecule has 1 N–H and O–H groups in total. The third kappa shape index (κ3) is 3.05. The van der Waals surface area contributed by atoms with Gasteiger partial charge in [-0.2, -0.15) is 0 Å². The van der Waals surface area contributed by atoms with Crippen LogP contribution in [0.4, 0.5) is 4.39 Å². The second kappa shape index (κ2) is 6.63. The summed E-state index contributed by atoms with van der Waals surface area (Å²) in [6.45, 7) is 5.81. The van der Waals surface area contributed by atoms with E-state index < -0.39 is 0 Å². The van der Waals surface area contributed by atoms with Crippen LogP contribution in [0.15, 0.2) is 24.5 Å². The Balaban J connectivity index is 2.29. The largest absolute Gasteiger partial charge is 0.383 e. The summed E-state index contributed by atoms with van der Waals surface area (Å²) in [6, 6.07) is 5.13. The first-order chi connectivity index (χ1) is 9.65. The van der Waals surface area contributed by atoms with Crippen LogP contribution in [0.1, 0.15) is 17.0 Å². The first-order valence-electron chi connectivity index (χ1n) is 6.63. The van der Waals surface area contributed by atoms with Crippen LogP contribution >= 0.6 is 0 Å². The lowest BCUT2D eigenvalue weighted by Gasteiger charge is -2.14. The number of nitrogens with zero attached hydrogens (tertiary/aromatic N) is 2. The minimum Gasteiger partial charge on any atom is -0.383 e. The Bertz CT molecular complexity index is 580. The molecule has 1 aromatic heterocycles. The smallest absolute Gasteiger partial charge is 0.147 e. The van der Waals surface area contributed by atoms with Gasteiger partial charge in [-0.05, 0) is 25.5 Å². The van der Waals surface area contributed by atoms with Crippen LogP contribution in [-0.4, -0.2) is 29.8 Å². The predicted octanol–water partition coefficient (Wildman–Crippen LogP) is 2.36. The van der Waals surface area contributed by atoms with E-state index in [1.54, 1.807) is 24.1 Å². The molecule has 0 saturated heterocycles. The van der Waals surface area contributed by atoms with Crippen molar-refractivity contribution in [3.63, 3.8) is 0 Å². The van der Waals surface area contributed by atoms with Gasteiger partial charge in [0.1, 0.15) is 5.82 Å². The normalized spacial score (nSPS) is 11.0. The van der Waals surface area contributed by atoms with Crippen LogP contribution < -0.4 is 5.32 Å². The number of hydrogen-bond acceptors (Lipinski definition) is 3. The Morgan fingerprint density at radius 2 is 2.15 bits per heavy atom. The van der Waals surface area contributed by atoms with Gasteiger partial charge in [0.05, 0.1) is 24.3 Å². The summed E-state index contributed by atoms with van der Waals surface area (Å²) in [6.07, 6.45) is 1.67. The van der Waals surface area contributed by atoms with Crippen molar-refractivity contribution in [1.82, 2.24) is 14.9 Å². The van der Waals surface area contributed by atoms with Gasteiger partial charge in [-0.25, -0.2) is 9.37 Å². The van der Waals surface area contributed by atoms with E-state index in [0.717, 1.165) is 23.5 Å². The lowest BCUT2D eigenvalue weighted by atomic mass is 10.1. The molecule has 2 rings (SSSR count). The molecule has 0 unspecified atom stereocenters. The maximum absolute atomic E-state index is 14.2. The summed E-state index contributed by atoms with van der Waals surface area (Å²) in [5, 5.41) is 3.24. The summed E-state index contributed by atoms with van der Waals surface area (Å²) in [5.74, 6) is -0.239. The van der Waals surface area contributed by atoms with E-state index in [9.17, 15) is 4.39 Å². The Labute approximate surface area is 118 Å². The highest BCUT2D eigenvalue weighted by atomic mass is 19.1. The van der Waals surface area contributed by atoms with Crippen LogP contribution in [0.5, 0.6) is 0 Å². The minimum atomic E-state index is -0.239. The van der Waals surface area contributed by atoms with Gasteiger partial charge in [-0.15, -0.1) is 0 Å². The molecule has 0 bridgehead atoms. The van der Waals surface area contributed by atoms with Gasteiger partial charge in [0.25, 0.3) is 0 Å². The number of nitrogens with one attached hydrogen (secondary N) is 1. The van der Waals surface area contributed by atoms with Gasteiger partial charge < -0.3 is 14.6 Å². The van der Waals surface area contributed by atoms with E-state index >= 15 is 0 Å². The highest BCUT2D eigenvalue weighted by Gasteiger charge is 2.13. The third-order valence-corrected chi connectivity index (χ3v) is 3.36. The van der Waals surface area contributed by atoms with Gasteiger partial charge in [0.15, 0.2) is 0 Å². The number of aryl methyl sites for hydroxylation is 1. The molecule has 0 aliphatic heterocycles. The zero-order valence-corrected chi connectivity index (χ0v) is 12.1. The molecule has 0 spiro atoms. The molecule has 5 heteroatoms. The molecule has 1 aromatic carbocycles. The van der Waals surface area contributed by atoms with E-state index in [2.05, 4.69) is 10.3 Å². The Morgan fingerprint density at radius 1 is 1.35 bits per heavy atom. The van der Waals surface area contributed by atoms with Crippen LogP contribution in [-0.2, 0) is 11.3 Å². The molecule has 0 radical (unpaired) electrons. The van der Waals surface area contributed by atoms with E-state index in [1.165, 1.54) is 6.07 Å². The maximum atomic E-state index is 14.2. The van der Waals surface area contributed by atoms with Gasteiger partial charge in [-0.3, -0.25) is 0 Å². The summed E-state index contributed by atoms with van der Waals surface area (Å²) in [7, 11) is 1.66. The summed E-state index contributed by atoms with van der Waals surface area (Å²) in [4.78, 5) is 4.24. The summed E-state index contributed by atoms with van der Waals surface area (Å²) >= 11 is 0. The van der Waals surface area contributed by atoms with E-state index in [0.29, 0.717) is 18.8 Å². The van der Waals surface area contributed by atoms with E-state index in [1.807, 2.05) is 19.9 Å². The van der Waals surface area contributed by atoms with Crippen molar-refractivity contribution in [1.29, 1.82) is 0 Å². The zero-order valence-electron chi connectivity index (χ0n) is 12.1. The average Bonchev–Trinajstić information content (AvgIpc) is 2.76. The molecule has 1 heterocycles. The molecule has 0 aliphatic carbocycles. The monoisotopic (exact) mass is 277 g/mol. The fourth-order valence-corrected chi connectivity index (χ4v) is 2.09.